The molecule has 19 heavy (non-hydrogen) atoms. The lowest BCUT2D eigenvalue weighted by Crippen LogP contribution is -2.33. The van der Waals surface area contributed by atoms with Crippen LogP contribution in [0.25, 0.3) is 0 Å². The molecule has 0 saturated heterocycles. The van der Waals surface area contributed by atoms with Crippen LogP contribution < -0.4 is 5.32 Å². The third-order valence-electron chi connectivity index (χ3n) is 3.74. The Morgan fingerprint density at radius 3 is 2.95 bits per heavy atom. The Labute approximate surface area is 127 Å². The minimum absolute atomic E-state index is 0.0158. The fourth-order valence-electron chi connectivity index (χ4n) is 2.52. The van der Waals surface area contributed by atoms with Crippen molar-refractivity contribution in [3.63, 3.8) is 0 Å². The maximum absolute atomic E-state index is 12.1. The number of aliphatic hydroxyl groups excluding tert-OH is 1. The third-order valence-corrected chi connectivity index (χ3v) is 4.90. The van der Waals surface area contributed by atoms with Crippen LogP contribution in [0.15, 0.2) is 18.2 Å². The van der Waals surface area contributed by atoms with Crippen LogP contribution in [-0.4, -0.2) is 23.7 Å². The van der Waals surface area contributed by atoms with Crippen LogP contribution in [-0.2, 0) is 0 Å². The first-order chi connectivity index (χ1) is 9.06. The maximum Gasteiger partial charge on any atom is 0.251 e. The molecule has 0 unspecified atom stereocenters. The van der Waals surface area contributed by atoms with Gasteiger partial charge in [-0.05, 0) is 72.4 Å². The SMILES string of the molecule is Cc1ccc(C(=O)NC[C@@H]2CCC[C@H](O)C2)cc1I. The summed E-state index contributed by atoms with van der Waals surface area (Å²) >= 11 is 2.24. The predicted molar refractivity (Wildman–Crippen MR) is 84.2 cm³/mol. The molecule has 2 rings (SSSR count). The van der Waals surface area contributed by atoms with Crippen molar-refractivity contribution in [3.05, 3.63) is 32.9 Å². The van der Waals surface area contributed by atoms with Gasteiger partial charge in [-0.2, -0.15) is 0 Å². The van der Waals surface area contributed by atoms with E-state index in [0.29, 0.717) is 18.0 Å². The minimum atomic E-state index is -0.184. The van der Waals surface area contributed by atoms with Crippen LogP contribution in [0.5, 0.6) is 0 Å². The minimum Gasteiger partial charge on any atom is -0.393 e. The fraction of sp³-hybridized carbons (Fsp3) is 0.533. The molecule has 1 aromatic rings. The summed E-state index contributed by atoms with van der Waals surface area (Å²) in [7, 11) is 0. The second-order valence-electron chi connectivity index (χ2n) is 5.36. The van der Waals surface area contributed by atoms with Gasteiger partial charge in [0.1, 0.15) is 0 Å². The molecule has 4 heteroatoms. The number of nitrogens with one attached hydrogen (secondary N) is 1. The number of hydrogen-bond donors (Lipinski definition) is 2. The summed E-state index contributed by atoms with van der Waals surface area (Å²) in [6.07, 6.45) is 3.69. The molecule has 3 nitrogen and oxygen atoms in total. The molecule has 0 radical (unpaired) electrons. The smallest absolute Gasteiger partial charge is 0.251 e. The van der Waals surface area contributed by atoms with E-state index in [1.54, 1.807) is 0 Å². The summed E-state index contributed by atoms with van der Waals surface area (Å²) in [6, 6.07) is 5.75. The molecular weight excluding hydrogens is 353 g/mol. The lowest BCUT2D eigenvalue weighted by Gasteiger charge is -2.25. The molecule has 1 aliphatic carbocycles. The quantitative estimate of drug-likeness (QED) is 0.801. The van der Waals surface area contributed by atoms with Gasteiger partial charge in [0, 0.05) is 15.7 Å². The molecule has 0 aliphatic heterocycles. The Bertz CT molecular complexity index is 461. The van der Waals surface area contributed by atoms with Gasteiger partial charge < -0.3 is 10.4 Å². The number of aryl methyl sites for hydroxylation is 1. The van der Waals surface area contributed by atoms with Crippen LogP contribution in [0.1, 0.15) is 41.6 Å². The topological polar surface area (TPSA) is 49.3 Å². The van der Waals surface area contributed by atoms with Crippen LogP contribution in [0.4, 0.5) is 0 Å². The van der Waals surface area contributed by atoms with Crippen LogP contribution in [0.3, 0.4) is 0 Å². The zero-order chi connectivity index (χ0) is 13.8. The molecule has 0 aromatic heterocycles. The summed E-state index contributed by atoms with van der Waals surface area (Å²) in [6.45, 7) is 2.70. The molecule has 104 valence electrons. The Morgan fingerprint density at radius 1 is 1.47 bits per heavy atom. The van der Waals surface area contributed by atoms with E-state index < -0.39 is 0 Å². The lowest BCUT2D eigenvalue weighted by atomic mass is 9.87. The Morgan fingerprint density at radius 2 is 2.26 bits per heavy atom. The van der Waals surface area contributed by atoms with Crippen LogP contribution >= 0.6 is 22.6 Å². The number of halogens is 1. The van der Waals surface area contributed by atoms with Gasteiger partial charge in [-0.1, -0.05) is 12.5 Å². The Hall–Kier alpha value is -0.620. The molecule has 1 saturated carbocycles. The van der Waals surface area contributed by atoms with E-state index in [-0.39, 0.29) is 12.0 Å². The normalized spacial score (nSPS) is 23.1. The van der Waals surface area contributed by atoms with Crippen LogP contribution in [0.2, 0.25) is 0 Å². The van der Waals surface area contributed by atoms with E-state index in [1.807, 2.05) is 25.1 Å². The summed E-state index contributed by atoms with van der Waals surface area (Å²) in [5.74, 6) is 0.398. The number of hydrogen-bond acceptors (Lipinski definition) is 2. The highest BCUT2D eigenvalue weighted by atomic mass is 127. The zero-order valence-corrected chi connectivity index (χ0v) is 13.3. The van der Waals surface area contributed by atoms with Crippen LogP contribution in [0, 0.1) is 16.4 Å². The first-order valence-electron chi connectivity index (χ1n) is 6.78. The van der Waals surface area contributed by atoms with Gasteiger partial charge in [-0.15, -0.1) is 0 Å². The average Bonchev–Trinajstić information content (AvgIpc) is 2.39. The first kappa shape index (κ1) is 14.8. The largest absolute Gasteiger partial charge is 0.393 e. The second kappa shape index (κ2) is 6.70. The highest BCUT2D eigenvalue weighted by molar-refractivity contribution is 14.1. The van der Waals surface area contributed by atoms with Gasteiger partial charge in [0.15, 0.2) is 0 Å². The highest BCUT2D eigenvalue weighted by Gasteiger charge is 2.20. The first-order valence-corrected chi connectivity index (χ1v) is 7.86. The molecule has 2 N–H and O–H groups in total. The van der Waals surface area contributed by atoms with Crippen molar-refractivity contribution in [1.82, 2.24) is 5.32 Å². The second-order valence-corrected chi connectivity index (χ2v) is 6.52. The highest BCUT2D eigenvalue weighted by Crippen LogP contribution is 2.23. The van der Waals surface area contributed by atoms with Crippen molar-refractivity contribution in [2.24, 2.45) is 5.92 Å². The molecule has 0 heterocycles. The van der Waals surface area contributed by atoms with E-state index in [1.165, 1.54) is 5.56 Å². The van der Waals surface area contributed by atoms with Crippen molar-refractivity contribution >= 4 is 28.5 Å². The van der Waals surface area contributed by atoms with Crippen molar-refractivity contribution in [1.29, 1.82) is 0 Å². The molecule has 2 atom stereocenters. The van der Waals surface area contributed by atoms with Gasteiger partial charge in [0.25, 0.3) is 5.91 Å². The summed E-state index contributed by atoms with van der Waals surface area (Å²) < 4.78 is 1.11. The Kier molecular flexibility index (Phi) is 5.21. The maximum atomic E-state index is 12.1. The summed E-state index contributed by atoms with van der Waals surface area (Å²) in [5, 5.41) is 12.6. The molecule has 1 fully saturated rings. The molecule has 1 aromatic carbocycles. The van der Waals surface area contributed by atoms with Crippen molar-refractivity contribution < 1.29 is 9.90 Å². The van der Waals surface area contributed by atoms with E-state index in [0.717, 1.165) is 29.3 Å². The monoisotopic (exact) mass is 373 g/mol. The summed E-state index contributed by atoms with van der Waals surface area (Å²) in [4.78, 5) is 12.1. The summed E-state index contributed by atoms with van der Waals surface area (Å²) in [5.41, 5.74) is 1.90. The van der Waals surface area contributed by atoms with E-state index in [9.17, 15) is 9.90 Å². The molecule has 0 spiro atoms. The zero-order valence-electron chi connectivity index (χ0n) is 11.2. The Balaban J connectivity index is 1.88. The van der Waals surface area contributed by atoms with Crippen molar-refractivity contribution in [2.75, 3.05) is 6.54 Å². The van der Waals surface area contributed by atoms with Gasteiger partial charge in [-0.25, -0.2) is 0 Å². The molecule has 0 bridgehead atoms. The standard InChI is InChI=1S/C15H20INO2/c1-10-5-6-12(8-14(10)16)15(19)17-9-11-3-2-4-13(18)7-11/h5-6,8,11,13,18H,2-4,7,9H2,1H3,(H,17,19)/t11-,13+/m1/s1. The number of aliphatic hydroxyl groups is 1. The third kappa shape index (κ3) is 4.18. The number of benzene rings is 1. The van der Waals surface area contributed by atoms with Crippen molar-refractivity contribution in [3.8, 4) is 0 Å². The van der Waals surface area contributed by atoms with Gasteiger partial charge in [-0.3, -0.25) is 4.79 Å². The van der Waals surface area contributed by atoms with E-state index in [4.69, 9.17) is 0 Å². The lowest BCUT2D eigenvalue weighted by molar-refractivity contribution is 0.0874. The number of rotatable bonds is 3. The fourth-order valence-corrected chi connectivity index (χ4v) is 3.04. The molecular formula is C15H20INO2. The average molecular weight is 373 g/mol. The van der Waals surface area contributed by atoms with Gasteiger partial charge >= 0.3 is 0 Å². The molecule has 1 aliphatic rings. The number of carbonyl (C=O) groups is 1. The van der Waals surface area contributed by atoms with Gasteiger partial charge in [0.05, 0.1) is 6.10 Å². The number of amides is 1. The number of carbonyl (C=O) groups excluding carboxylic acids is 1. The predicted octanol–water partition coefficient (Wildman–Crippen LogP) is 2.88. The molecule has 1 amide bonds. The van der Waals surface area contributed by atoms with Gasteiger partial charge in [0.2, 0.25) is 0 Å². The van der Waals surface area contributed by atoms with Crippen molar-refractivity contribution in [2.45, 2.75) is 38.7 Å². The van der Waals surface area contributed by atoms with E-state index in [2.05, 4.69) is 27.9 Å². The van der Waals surface area contributed by atoms with E-state index >= 15 is 0 Å².